The highest BCUT2D eigenvalue weighted by Gasteiger charge is 2.29. The summed E-state index contributed by atoms with van der Waals surface area (Å²) in [5, 5.41) is 6.02. The molecule has 23 heavy (non-hydrogen) atoms. The second kappa shape index (κ2) is 7.97. The van der Waals surface area contributed by atoms with Crippen molar-refractivity contribution in [1.82, 2.24) is 15.2 Å². The van der Waals surface area contributed by atoms with E-state index in [4.69, 9.17) is 11.6 Å². The summed E-state index contributed by atoms with van der Waals surface area (Å²) in [6.45, 7) is 3.00. The highest BCUT2D eigenvalue weighted by atomic mass is 35.5. The molecule has 5 nitrogen and oxygen atoms in total. The van der Waals surface area contributed by atoms with E-state index in [1.807, 2.05) is 0 Å². The topological polar surface area (TPSA) is 57.3 Å². The summed E-state index contributed by atoms with van der Waals surface area (Å²) in [6, 6.07) is 4.06. The number of aromatic nitrogens is 1. The van der Waals surface area contributed by atoms with Crippen molar-refractivity contribution in [3.63, 3.8) is 0 Å². The minimum absolute atomic E-state index is 0.212. The van der Waals surface area contributed by atoms with E-state index in [0.717, 1.165) is 12.6 Å². The zero-order valence-corrected chi connectivity index (χ0v) is 14.2. The molecule has 0 aromatic carbocycles. The molecule has 0 bridgehead atoms. The summed E-state index contributed by atoms with van der Waals surface area (Å²) in [5.41, 5.74) is 0.543. The number of carbonyl (C=O) groups is 1. The molecule has 6 heteroatoms. The maximum Gasteiger partial charge on any atom is 0.319 e. The number of pyridine rings is 1. The van der Waals surface area contributed by atoms with Crippen molar-refractivity contribution < 1.29 is 4.79 Å². The molecule has 1 aliphatic carbocycles. The molecule has 1 aliphatic heterocycles. The van der Waals surface area contributed by atoms with Crippen LogP contribution in [0, 0.1) is 5.92 Å². The monoisotopic (exact) mass is 336 g/mol. The van der Waals surface area contributed by atoms with Gasteiger partial charge in [-0.15, -0.1) is 0 Å². The second-order valence-electron chi connectivity index (χ2n) is 6.62. The maximum atomic E-state index is 12.0. The smallest absolute Gasteiger partial charge is 0.319 e. The van der Waals surface area contributed by atoms with Crippen LogP contribution >= 0.6 is 11.6 Å². The van der Waals surface area contributed by atoms with E-state index in [9.17, 15) is 4.79 Å². The Bertz CT molecular complexity index is 533. The lowest BCUT2D eigenvalue weighted by Crippen LogP contribution is -2.37. The molecule has 1 saturated heterocycles. The summed E-state index contributed by atoms with van der Waals surface area (Å²) in [7, 11) is 0. The van der Waals surface area contributed by atoms with Crippen molar-refractivity contribution in [3.05, 3.63) is 23.5 Å². The predicted octanol–water partition coefficient (Wildman–Crippen LogP) is 3.51. The SMILES string of the molecule is O=C(NC[C@H]1CCN(C2CCCCC2)C1)Nc1cccnc1Cl. The molecule has 0 radical (unpaired) electrons. The molecule has 2 N–H and O–H groups in total. The Morgan fingerprint density at radius 3 is 2.91 bits per heavy atom. The first-order chi connectivity index (χ1) is 11.2. The molecule has 3 rings (SSSR count). The normalized spacial score (nSPS) is 22.9. The highest BCUT2D eigenvalue weighted by molar-refractivity contribution is 6.32. The number of urea groups is 1. The van der Waals surface area contributed by atoms with Crippen LogP contribution in [0.3, 0.4) is 0 Å². The Balaban J connectivity index is 1.40. The molecule has 2 heterocycles. The summed E-state index contributed by atoms with van der Waals surface area (Å²) < 4.78 is 0. The van der Waals surface area contributed by atoms with Crippen LogP contribution in [0.25, 0.3) is 0 Å². The van der Waals surface area contributed by atoms with Crippen LogP contribution in [0.4, 0.5) is 10.5 Å². The van der Waals surface area contributed by atoms with Crippen LogP contribution in [0.2, 0.25) is 5.15 Å². The van der Waals surface area contributed by atoms with Gasteiger partial charge in [-0.05, 0) is 43.9 Å². The Labute approximate surface area is 142 Å². The molecule has 1 aromatic heterocycles. The highest BCUT2D eigenvalue weighted by Crippen LogP contribution is 2.27. The van der Waals surface area contributed by atoms with Gasteiger partial charge >= 0.3 is 6.03 Å². The zero-order valence-electron chi connectivity index (χ0n) is 13.4. The number of nitrogens with one attached hydrogen (secondary N) is 2. The maximum absolute atomic E-state index is 12.0. The fourth-order valence-corrected chi connectivity index (χ4v) is 3.86. The fourth-order valence-electron chi connectivity index (χ4n) is 3.69. The number of amides is 2. The van der Waals surface area contributed by atoms with Crippen LogP contribution in [-0.4, -0.2) is 41.6 Å². The summed E-state index contributed by atoms with van der Waals surface area (Å²) in [5.74, 6) is 0.548. The largest absolute Gasteiger partial charge is 0.338 e. The summed E-state index contributed by atoms with van der Waals surface area (Å²) in [4.78, 5) is 18.6. The molecular formula is C17H25ClN4O. The van der Waals surface area contributed by atoms with E-state index in [0.29, 0.717) is 23.3 Å². The number of nitrogens with zero attached hydrogens (tertiary/aromatic N) is 2. The Morgan fingerprint density at radius 1 is 1.30 bits per heavy atom. The first-order valence-corrected chi connectivity index (χ1v) is 8.99. The minimum Gasteiger partial charge on any atom is -0.338 e. The number of carbonyl (C=O) groups excluding carboxylic acids is 1. The third-order valence-corrected chi connectivity index (χ3v) is 5.27. The van der Waals surface area contributed by atoms with E-state index >= 15 is 0 Å². The first kappa shape index (κ1) is 16.5. The quantitative estimate of drug-likeness (QED) is 0.827. The van der Waals surface area contributed by atoms with Gasteiger partial charge in [-0.1, -0.05) is 30.9 Å². The molecule has 0 unspecified atom stereocenters. The zero-order chi connectivity index (χ0) is 16.1. The lowest BCUT2D eigenvalue weighted by molar-refractivity contribution is 0.185. The Morgan fingerprint density at radius 2 is 2.13 bits per heavy atom. The van der Waals surface area contributed by atoms with Crippen molar-refractivity contribution in [2.75, 3.05) is 25.0 Å². The number of likely N-dealkylation sites (tertiary alicyclic amines) is 1. The average Bonchev–Trinajstić information content (AvgIpc) is 3.05. The lowest BCUT2D eigenvalue weighted by atomic mass is 9.94. The molecule has 1 atom stereocenters. The van der Waals surface area contributed by atoms with Gasteiger partial charge in [0.25, 0.3) is 0 Å². The van der Waals surface area contributed by atoms with Crippen LogP contribution in [0.1, 0.15) is 38.5 Å². The summed E-state index contributed by atoms with van der Waals surface area (Å²) in [6.07, 6.45) is 9.61. The van der Waals surface area contributed by atoms with Crippen LogP contribution < -0.4 is 10.6 Å². The molecule has 126 valence electrons. The van der Waals surface area contributed by atoms with Crippen LogP contribution in [0.15, 0.2) is 18.3 Å². The van der Waals surface area contributed by atoms with Crippen LogP contribution in [-0.2, 0) is 0 Å². The molecule has 1 saturated carbocycles. The Kier molecular flexibility index (Phi) is 5.73. The third-order valence-electron chi connectivity index (χ3n) is 4.97. The minimum atomic E-state index is -0.212. The molecule has 1 aromatic rings. The number of hydrogen-bond acceptors (Lipinski definition) is 3. The van der Waals surface area contributed by atoms with Crippen molar-refractivity contribution in [1.29, 1.82) is 0 Å². The van der Waals surface area contributed by atoms with Gasteiger partial charge in [0.2, 0.25) is 0 Å². The molecule has 2 fully saturated rings. The van der Waals surface area contributed by atoms with Gasteiger partial charge in [-0.2, -0.15) is 0 Å². The van der Waals surface area contributed by atoms with Crippen molar-refractivity contribution >= 4 is 23.3 Å². The van der Waals surface area contributed by atoms with Crippen LogP contribution in [0.5, 0.6) is 0 Å². The predicted molar refractivity (Wildman–Crippen MR) is 92.8 cm³/mol. The van der Waals surface area contributed by atoms with E-state index in [1.165, 1.54) is 45.1 Å². The van der Waals surface area contributed by atoms with Gasteiger partial charge in [0, 0.05) is 25.3 Å². The van der Waals surface area contributed by atoms with E-state index < -0.39 is 0 Å². The van der Waals surface area contributed by atoms with Gasteiger partial charge < -0.3 is 15.5 Å². The standard InChI is InChI=1S/C17H25ClN4O/c18-16-15(7-4-9-19-16)21-17(23)20-11-13-8-10-22(12-13)14-5-2-1-3-6-14/h4,7,9,13-14H,1-3,5-6,8,10-12H2,(H2,20,21,23)/t13-/m1/s1. The number of rotatable bonds is 4. The van der Waals surface area contributed by atoms with Gasteiger partial charge in [0.15, 0.2) is 5.15 Å². The van der Waals surface area contributed by atoms with Crippen molar-refractivity contribution in [3.8, 4) is 0 Å². The average molecular weight is 337 g/mol. The van der Waals surface area contributed by atoms with Gasteiger partial charge in [0.1, 0.15) is 0 Å². The van der Waals surface area contributed by atoms with Gasteiger partial charge in [-0.3, -0.25) is 0 Å². The summed E-state index contributed by atoms with van der Waals surface area (Å²) >= 11 is 5.94. The lowest BCUT2D eigenvalue weighted by Gasteiger charge is -2.31. The van der Waals surface area contributed by atoms with E-state index in [1.54, 1.807) is 18.3 Å². The Hall–Kier alpha value is -1.33. The molecular weight excluding hydrogens is 312 g/mol. The van der Waals surface area contributed by atoms with Crippen molar-refractivity contribution in [2.24, 2.45) is 5.92 Å². The molecule has 2 aliphatic rings. The van der Waals surface area contributed by atoms with Gasteiger partial charge in [0.05, 0.1) is 5.69 Å². The third kappa shape index (κ3) is 4.58. The first-order valence-electron chi connectivity index (χ1n) is 8.62. The molecule has 0 spiro atoms. The molecule has 2 amide bonds. The van der Waals surface area contributed by atoms with Gasteiger partial charge in [-0.25, -0.2) is 9.78 Å². The number of anilines is 1. The van der Waals surface area contributed by atoms with E-state index in [2.05, 4.69) is 20.5 Å². The number of halogens is 1. The van der Waals surface area contributed by atoms with E-state index in [-0.39, 0.29) is 6.03 Å². The fraction of sp³-hybridized carbons (Fsp3) is 0.647. The van der Waals surface area contributed by atoms with Crippen molar-refractivity contribution in [2.45, 2.75) is 44.6 Å². The number of hydrogen-bond donors (Lipinski definition) is 2. The second-order valence-corrected chi connectivity index (χ2v) is 6.98.